The van der Waals surface area contributed by atoms with Gasteiger partial charge in [-0.15, -0.1) is 0 Å². The van der Waals surface area contributed by atoms with Crippen molar-refractivity contribution >= 4 is 22.7 Å². The standard InChI is InChI=1S/C20H27N3O2/c1-5-25-18(24)14-11-22-17-13(7-9-21-17)16(14)23-15-10-12-6-8-20(15,4)19(12,2)3/h7,9,11-12,15H,5-6,8,10H2,1-4H3,(H2,21,22,23)/t12-,15+,20-/m1/s1. The Labute approximate surface area is 148 Å². The summed E-state index contributed by atoms with van der Waals surface area (Å²) < 4.78 is 5.26. The molecule has 3 atom stereocenters. The van der Waals surface area contributed by atoms with E-state index in [4.69, 9.17) is 4.74 Å². The van der Waals surface area contributed by atoms with Gasteiger partial charge in [-0.25, -0.2) is 9.78 Å². The Morgan fingerprint density at radius 2 is 2.24 bits per heavy atom. The van der Waals surface area contributed by atoms with Crippen molar-refractivity contribution in [1.29, 1.82) is 0 Å². The molecule has 0 aliphatic heterocycles. The Morgan fingerprint density at radius 1 is 1.44 bits per heavy atom. The predicted molar refractivity (Wildman–Crippen MR) is 98.7 cm³/mol. The van der Waals surface area contributed by atoms with Gasteiger partial charge in [0, 0.05) is 23.8 Å². The van der Waals surface area contributed by atoms with Gasteiger partial charge in [-0.3, -0.25) is 0 Å². The van der Waals surface area contributed by atoms with Gasteiger partial charge in [0.05, 0.1) is 12.3 Å². The Hall–Kier alpha value is -2.04. The predicted octanol–water partition coefficient (Wildman–Crippen LogP) is 4.37. The minimum atomic E-state index is -0.312. The van der Waals surface area contributed by atoms with E-state index in [2.05, 4.69) is 36.1 Å². The van der Waals surface area contributed by atoms with Crippen LogP contribution in [0.2, 0.25) is 0 Å². The largest absolute Gasteiger partial charge is 0.462 e. The average molecular weight is 341 g/mol. The van der Waals surface area contributed by atoms with E-state index in [1.807, 2.05) is 19.2 Å². The number of H-pyrrole nitrogens is 1. The van der Waals surface area contributed by atoms with Crippen LogP contribution >= 0.6 is 0 Å². The molecule has 2 bridgehead atoms. The van der Waals surface area contributed by atoms with Gasteiger partial charge in [-0.05, 0) is 49.0 Å². The fourth-order valence-corrected chi connectivity index (χ4v) is 5.12. The number of nitrogens with zero attached hydrogens (tertiary/aromatic N) is 1. The van der Waals surface area contributed by atoms with Gasteiger partial charge in [0.1, 0.15) is 11.2 Å². The molecule has 5 heteroatoms. The zero-order chi connectivity index (χ0) is 17.8. The lowest BCUT2D eigenvalue weighted by Gasteiger charge is -2.40. The van der Waals surface area contributed by atoms with E-state index >= 15 is 0 Å². The molecule has 4 rings (SSSR count). The molecule has 2 N–H and O–H groups in total. The van der Waals surface area contributed by atoms with Gasteiger partial charge < -0.3 is 15.0 Å². The molecule has 2 heterocycles. The number of esters is 1. The maximum Gasteiger partial charge on any atom is 0.341 e. The lowest BCUT2D eigenvalue weighted by atomic mass is 9.69. The Morgan fingerprint density at radius 3 is 2.88 bits per heavy atom. The molecule has 2 fully saturated rings. The summed E-state index contributed by atoms with van der Waals surface area (Å²) in [5, 5.41) is 4.70. The first kappa shape index (κ1) is 16.4. The summed E-state index contributed by atoms with van der Waals surface area (Å²) in [6.07, 6.45) is 7.19. The van der Waals surface area contributed by atoms with Crippen molar-refractivity contribution < 1.29 is 9.53 Å². The van der Waals surface area contributed by atoms with Crippen molar-refractivity contribution in [2.75, 3.05) is 11.9 Å². The van der Waals surface area contributed by atoms with E-state index in [0.717, 1.165) is 29.1 Å². The molecular weight excluding hydrogens is 314 g/mol. The van der Waals surface area contributed by atoms with E-state index in [1.54, 1.807) is 6.20 Å². The molecule has 2 aromatic rings. The van der Waals surface area contributed by atoms with Crippen LogP contribution in [0.25, 0.3) is 11.0 Å². The summed E-state index contributed by atoms with van der Waals surface area (Å²) in [7, 11) is 0. The van der Waals surface area contributed by atoms with Gasteiger partial charge in [-0.1, -0.05) is 20.8 Å². The van der Waals surface area contributed by atoms with E-state index in [0.29, 0.717) is 23.6 Å². The molecule has 2 aliphatic rings. The fourth-order valence-electron chi connectivity index (χ4n) is 5.12. The van der Waals surface area contributed by atoms with E-state index < -0.39 is 0 Å². The monoisotopic (exact) mass is 341 g/mol. The van der Waals surface area contributed by atoms with Crippen molar-refractivity contribution in [2.24, 2.45) is 16.7 Å². The molecule has 5 nitrogen and oxygen atoms in total. The number of carbonyl (C=O) groups is 1. The fraction of sp³-hybridized carbons (Fsp3) is 0.600. The highest BCUT2D eigenvalue weighted by Crippen LogP contribution is 2.66. The van der Waals surface area contributed by atoms with Crippen molar-refractivity contribution in [3.05, 3.63) is 24.0 Å². The number of aromatic nitrogens is 2. The molecule has 25 heavy (non-hydrogen) atoms. The van der Waals surface area contributed by atoms with Crippen LogP contribution in [0, 0.1) is 16.7 Å². The van der Waals surface area contributed by atoms with Crippen LogP contribution in [0.1, 0.15) is 57.3 Å². The van der Waals surface area contributed by atoms with E-state index in [-0.39, 0.29) is 11.4 Å². The first-order valence-corrected chi connectivity index (χ1v) is 9.28. The van der Waals surface area contributed by atoms with Crippen molar-refractivity contribution in [1.82, 2.24) is 9.97 Å². The number of rotatable bonds is 4. The minimum Gasteiger partial charge on any atom is -0.462 e. The van der Waals surface area contributed by atoms with Crippen LogP contribution in [0.3, 0.4) is 0 Å². The number of hydrogen-bond acceptors (Lipinski definition) is 4. The third kappa shape index (κ3) is 2.21. The van der Waals surface area contributed by atoms with Crippen LogP contribution in [-0.4, -0.2) is 28.6 Å². The molecule has 0 aromatic carbocycles. The number of aromatic amines is 1. The lowest BCUT2D eigenvalue weighted by molar-refractivity contribution is 0.0527. The first-order chi connectivity index (χ1) is 11.9. The molecule has 0 spiro atoms. The topological polar surface area (TPSA) is 67.0 Å². The van der Waals surface area contributed by atoms with Crippen molar-refractivity contribution in [3.8, 4) is 0 Å². The molecule has 2 aliphatic carbocycles. The quantitative estimate of drug-likeness (QED) is 0.811. The lowest BCUT2D eigenvalue weighted by Crippen LogP contribution is -2.40. The molecule has 0 amide bonds. The molecule has 2 saturated carbocycles. The van der Waals surface area contributed by atoms with Crippen LogP contribution in [0.15, 0.2) is 18.5 Å². The molecule has 0 saturated heterocycles. The summed E-state index contributed by atoms with van der Waals surface area (Å²) in [6.45, 7) is 9.39. The Balaban J connectivity index is 1.75. The third-order valence-electron chi connectivity index (χ3n) is 7.19. The second-order valence-corrected chi connectivity index (χ2v) is 8.31. The molecule has 2 aromatic heterocycles. The number of ether oxygens (including phenoxy) is 1. The smallest absolute Gasteiger partial charge is 0.341 e. The highest BCUT2D eigenvalue weighted by atomic mass is 16.5. The maximum atomic E-state index is 12.5. The average Bonchev–Trinajstić information content (AvgIpc) is 3.18. The van der Waals surface area contributed by atoms with Gasteiger partial charge in [0.15, 0.2) is 0 Å². The van der Waals surface area contributed by atoms with Crippen LogP contribution in [-0.2, 0) is 4.74 Å². The third-order valence-corrected chi connectivity index (χ3v) is 7.19. The number of nitrogens with one attached hydrogen (secondary N) is 2. The van der Waals surface area contributed by atoms with Gasteiger partial charge in [0.2, 0.25) is 0 Å². The highest BCUT2D eigenvalue weighted by molar-refractivity contribution is 6.04. The van der Waals surface area contributed by atoms with Crippen LogP contribution < -0.4 is 5.32 Å². The number of anilines is 1. The molecule has 0 radical (unpaired) electrons. The second-order valence-electron chi connectivity index (χ2n) is 8.31. The first-order valence-electron chi connectivity index (χ1n) is 9.28. The molecular formula is C20H27N3O2. The number of pyridine rings is 1. The number of hydrogen-bond donors (Lipinski definition) is 2. The van der Waals surface area contributed by atoms with Gasteiger partial charge in [0.25, 0.3) is 0 Å². The summed E-state index contributed by atoms with van der Waals surface area (Å²) in [4.78, 5) is 20.0. The summed E-state index contributed by atoms with van der Waals surface area (Å²) in [5.74, 6) is 0.428. The minimum absolute atomic E-state index is 0.232. The Kier molecular flexibility index (Phi) is 3.60. The highest BCUT2D eigenvalue weighted by Gasteiger charge is 2.61. The second kappa shape index (κ2) is 5.48. The zero-order valence-electron chi connectivity index (χ0n) is 15.5. The number of carbonyl (C=O) groups excluding carboxylic acids is 1. The summed E-state index contributed by atoms with van der Waals surface area (Å²) >= 11 is 0. The van der Waals surface area contributed by atoms with Gasteiger partial charge >= 0.3 is 5.97 Å². The SMILES string of the molecule is CCOC(=O)c1cnc2[nH]ccc2c1N[C@H]1C[C@H]2CC[C@@]1(C)C2(C)C. The van der Waals surface area contributed by atoms with Crippen LogP contribution in [0.5, 0.6) is 0 Å². The normalized spacial score (nSPS) is 29.9. The van der Waals surface area contributed by atoms with E-state index in [9.17, 15) is 4.79 Å². The maximum absolute atomic E-state index is 12.5. The Bertz CT molecular complexity index is 825. The molecule has 0 unspecified atom stereocenters. The van der Waals surface area contributed by atoms with Crippen LogP contribution in [0.4, 0.5) is 5.69 Å². The summed E-state index contributed by atoms with van der Waals surface area (Å²) in [5.41, 5.74) is 2.73. The zero-order valence-corrected chi connectivity index (χ0v) is 15.5. The number of fused-ring (bicyclic) bond motifs is 3. The van der Waals surface area contributed by atoms with E-state index in [1.165, 1.54) is 12.8 Å². The summed E-state index contributed by atoms with van der Waals surface area (Å²) in [6, 6.07) is 2.34. The van der Waals surface area contributed by atoms with Crippen molar-refractivity contribution in [2.45, 2.75) is 53.0 Å². The molecule has 134 valence electrons. The van der Waals surface area contributed by atoms with Gasteiger partial charge in [-0.2, -0.15) is 0 Å². The van der Waals surface area contributed by atoms with Crippen molar-refractivity contribution in [3.63, 3.8) is 0 Å².